The summed E-state index contributed by atoms with van der Waals surface area (Å²) in [5.74, 6) is -2.33. The molecule has 2 N–H and O–H groups in total. The molecule has 0 aliphatic heterocycles. The smallest absolute Gasteiger partial charge is 0.390 e. The molecular weight excluding hydrogens is 262 g/mol. The van der Waals surface area contributed by atoms with Crippen LogP contribution in [0, 0.1) is 5.82 Å². The lowest BCUT2D eigenvalue weighted by Crippen LogP contribution is -2.17. The van der Waals surface area contributed by atoms with E-state index in [0.29, 0.717) is 0 Å². The van der Waals surface area contributed by atoms with Crippen LogP contribution >= 0.6 is 0 Å². The molecule has 17 heavy (non-hydrogen) atoms. The van der Waals surface area contributed by atoms with E-state index in [2.05, 4.69) is 0 Å². The lowest BCUT2D eigenvalue weighted by Gasteiger charge is -2.08. The highest BCUT2D eigenvalue weighted by Crippen LogP contribution is 2.24. The molecule has 3 nitrogen and oxygen atoms in total. The summed E-state index contributed by atoms with van der Waals surface area (Å²) in [7, 11) is -4.29. The maximum Gasteiger partial charge on any atom is 0.390 e. The van der Waals surface area contributed by atoms with Gasteiger partial charge in [0.15, 0.2) is 9.84 Å². The Morgan fingerprint density at radius 2 is 1.82 bits per heavy atom. The van der Waals surface area contributed by atoms with Crippen LogP contribution < -0.4 is 5.73 Å². The Balaban J connectivity index is 2.98. The fourth-order valence-corrected chi connectivity index (χ4v) is 2.48. The van der Waals surface area contributed by atoms with Gasteiger partial charge < -0.3 is 5.73 Å². The van der Waals surface area contributed by atoms with Crippen LogP contribution in [0.2, 0.25) is 0 Å². The van der Waals surface area contributed by atoms with Crippen LogP contribution in [-0.2, 0) is 9.84 Å². The number of alkyl halides is 3. The van der Waals surface area contributed by atoms with Crippen molar-refractivity contribution in [2.24, 2.45) is 0 Å². The number of hydrogen-bond acceptors (Lipinski definition) is 3. The van der Waals surface area contributed by atoms with Crippen molar-refractivity contribution in [3.63, 3.8) is 0 Å². The van der Waals surface area contributed by atoms with Crippen LogP contribution in [0.25, 0.3) is 0 Å². The summed E-state index contributed by atoms with van der Waals surface area (Å²) in [6, 6.07) is 2.72. The number of sulfone groups is 1. The molecule has 0 saturated carbocycles. The van der Waals surface area contributed by atoms with E-state index in [-0.39, 0.29) is 5.69 Å². The Morgan fingerprint density at radius 3 is 2.29 bits per heavy atom. The second-order valence-corrected chi connectivity index (χ2v) is 5.45. The summed E-state index contributed by atoms with van der Waals surface area (Å²) in [5, 5.41) is 0. The molecule has 0 aromatic heterocycles. The highest BCUT2D eigenvalue weighted by atomic mass is 32.2. The zero-order valence-corrected chi connectivity index (χ0v) is 9.28. The molecule has 1 rings (SSSR count). The van der Waals surface area contributed by atoms with E-state index in [1.165, 1.54) is 0 Å². The topological polar surface area (TPSA) is 60.2 Å². The van der Waals surface area contributed by atoms with Gasteiger partial charge in [-0.3, -0.25) is 0 Å². The minimum atomic E-state index is -4.60. The fourth-order valence-electron chi connectivity index (χ4n) is 1.13. The first kappa shape index (κ1) is 13.8. The Hall–Kier alpha value is -1.31. The standard InChI is InChI=1S/C9H9F4NO2S/c10-7-5-6(14)1-2-8(7)17(15,16)4-3-9(11,12)13/h1-2,5H,3-4,14H2. The van der Waals surface area contributed by atoms with Crippen LogP contribution in [0.15, 0.2) is 23.1 Å². The molecule has 8 heteroatoms. The predicted octanol–water partition coefficient (Wildman–Crippen LogP) is 2.13. The van der Waals surface area contributed by atoms with Gasteiger partial charge >= 0.3 is 6.18 Å². The van der Waals surface area contributed by atoms with Gasteiger partial charge in [0.1, 0.15) is 10.7 Å². The second-order valence-electron chi connectivity index (χ2n) is 3.37. The van der Waals surface area contributed by atoms with E-state index in [9.17, 15) is 26.0 Å². The van der Waals surface area contributed by atoms with Gasteiger partial charge in [-0.15, -0.1) is 0 Å². The van der Waals surface area contributed by atoms with Crippen molar-refractivity contribution in [2.45, 2.75) is 17.5 Å². The third-order valence-corrected chi connectivity index (χ3v) is 3.69. The normalized spacial score (nSPS) is 12.7. The van der Waals surface area contributed by atoms with Crippen molar-refractivity contribution in [1.82, 2.24) is 0 Å². The summed E-state index contributed by atoms with van der Waals surface area (Å²) >= 11 is 0. The van der Waals surface area contributed by atoms with Gasteiger partial charge in [-0.1, -0.05) is 0 Å². The first-order valence-corrected chi connectivity index (χ1v) is 6.11. The average Bonchev–Trinajstić information content (AvgIpc) is 2.13. The Labute approximate surface area is 95.2 Å². The van der Waals surface area contributed by atoms with Crippen molar-refractivity contribution in [3.8, 4) is 0 Å². The SMILES string of the molecule is Nc1ccc(S(=O)(=O)CCC(F)(F)F)c(F)c1. The molecule has 0 fully saturated rings. The van der Waals surface area contributed by atoms with Gasteiger partial charge in [-0.25, -0.2) is 12.8 Å². The van der Waals surface area contributed by atoms with Crippen LogP contribution in [0.5, 0.6) is 0 Å². The third-order valence-electron chi connectivity index (χ3n) is 1.95. The number of nitrogens with two attached hydrogens (primary N) is 1. The molecule has 0 amide bonds. The van der Waals surface area contributed by atoms with E-state index in [1.54, 1.807) is 0 Å². The highest BCUT2D eigenvalue weighted by Gasteiger charge is 2.31. The van der Waals surface area contributed by atoms with Crippen LogP contribution in [0.4, 0.5) is 23.2 Å². The molecule has 0 aliphatic carbocycles. The van der Waals surface area contributed by atoms with Crippen molar-refractivity contribution < 1.29 is 26.0 Å². The molecule has 0 spiro atoms. The van der Waals surface area contributed by atoms with Gasteiger partial charge in [0.05, 0.1) is 12.2 Å². The molecule has 96 valence electrons. The van der Waals surface area contributed by atoms with Crippen molar-refractivity contribution >= 4 is 15.5 Å². The van der Waals surface area contributed by atoms with E-state index >= 15 is 0 Å². The summed E-state index contributed by atoms with van der Waals surface area (Å²) in [5.41, 5.74) is 5.20. The van der Waals surface area contributed by atoms with Crippen LogP contribution in [0.1, 0.15) is 6.42 Å². The van der Waals surface area contributed by atoms with Gasteiger partial charge in [-0.2, -0.15) is 13.2 Å². The Kier molecular flexibility index (Phi) is 3.65. The quantitative estimate of drug-likeness (QED) is 0.676. The molecule has 1 aromatic rings. The number of nitrogen functional groups attached to an aromatic ring is 1. The molecule has 0 unspecified atom stereocenters. The van der Waals surface area contributed by atoms with E-state index < -0.39 is 38.9 Å². The zero-order chi connectivity index (χ0) is 13.3. The molecule has 0 heterocycles. The monoisotopic (exact) mass is 271 g/mol. The van der Waals surface area contributed by atoms with Crippen molar-refractivity contribution in [1.29, 1.82) is 0 Å². The average molecular weight is 271 g/mol. The van der Waals surface area contributed by atoms with Gasteiger partial charge in [0.2, 0.25) is 0 Å². The highest BCUT2D eigenvalue weighted by molar-refractivity contribution is 7.91. The maximum atomic E-state index is 13.2. The first-order valence-electron chi connectivity index (χ1n) is 4.46. The molecule has 0 atom stereocenters. The van der Waals surface area contributed by atoms with E-state index in [1.807, 2.05) is 0 Å². The van der Waals surface area contributed by atoms with Crippen LogP contribution in [0.3, 0.4) is 0 Å². The Bertz CT molecular complexity index is 510. The summed E-state index contributed by atoms with van der Waals surface area (Å²) in [6.45, 7) is 0. The first-order chi connectivity index (χ1) is 7.62. The molecule has 0 radical (unpaired) electrons. The molecule has 0 aliphatic rings. The largest absolute Gasteiger partial charge is 0.399 e. The van der Waals surface area contributed by atoms with Crippen molar-refractivity contribution in [3.05, 3.63) is 24.0 Å². The molecule has 0 bridgehead atoms. The van der Waals surface area contributed by atoms with E-state index in [4.69, 9.17) is 5.73 Å². The fraction of sp³-hybridized carbons (Fsp3) is 0.333. The number of benzene rings is 1. The van der Waals surface area contributed by atoms with Gasteiger partial charge in [-0.05, 0) is 18.2 Å². The predicted molar refractivity (Wildman–Crippen MR) is 53.5 cm³/mol. The molecule has 0 saturated heterocycles. The number of halogens is 4. The van der Waals surface area contributed by atoms with Crippen LogP contribution in [-0.4, -0.2) is 20.3 Å². The minimum absolute atomic E-state index is 0.00253. The van der Waals surface area contributed by atoms with Crippen molar-refractivity contribution in [2.75, 3.05) is 11.5 Å². The lowest BCUT2D eigenvalue weighted by atomic mass is 10.3. The third kappa shape index (κ3) is 3.88. The zero-order valence-electron chi connectivity index (χ0n) is 8.46. The Morgan fingerprint density at radius 1 is 1.24 bits per heavy atom. The summed E-state index contributed by atoms with van der Waals surface area (Å²) in [6.07, 6.45) is -6.11. The maximum absolute atomic E-state index is 13.2. The van der Waals surface area contributed by atoms with E-state index in [0.717, 1.165) is 18.2 Å². The summed E-state index contributed by atoms with van der Waals surface area (Å²) < 4.78 is 71.8. The summed E-state index contributed by atoms with van der Waals surface area (Å²) in [4.78, 5) is -0.768. The van der Waals surface area contributed by atoms with Gasteiger partial charge in [0.25, 0.3) is 0 Å². The lowest BCUT2D eigenvalue weighted by molar-refractivity contribution is -0.129. The molecular formula is C9H9F4NO2S. The number of anilines is 1. The number of hydrogen-bond donors (Lipinski definition) is 1. The van der Waals surface area contributed by atoms with Gasteiger partial charge in [0, 0.05) is 5.69 Å². The molecule has 1 aromatic carbocycles. The second kappa shape index (κ2) is 4.52. The minimum Gasteiger partial charge on any atom is -0.399 e. The number of rotatable bonds is 3.